The molecule has 1 heterocycles. The highest BCUT2D eigenvalue weighted by atomic mass is 15.3. The van der Waals surface area contributed by atoms with Gasteiger partial charge in [0.15, 0.2) is 0 Å². The van der Waals surface area contributed by atoms with Crippen LogP contribution in [-0.4, -0.2) is 16.3 Å². The molecule has 2 atom stereocenters. The summed E-state index contributed by atoms with van der Waals surface area (Å²) in [6.07, 6.45) is 4.86. The molecule has 0 aliphatic carbocycles. The molecule has 0 aliphatic heterocycles. The second-order valence-electron chi connectivity index (χ2n) is 6.16. The average Bonchev–Trinajstić information content (AvgIpc) is 2.81. The van der Waals surface area contributed by atoms with Crippen LogP contribution >= 0.6 is 0 Å². The maximum Gasteiger partial charge on any atom is 0.0872 e. The van der Waals surface area contributed by atoms with Gasteiger partial charge in [0, 0.05) is 12.4 Å². The molecule has 3 nitrogen and oxygen atoms in total. The van der Waals surface area contributed by atoms with E-state index in [4.69, 9.17) is 5.10 Å². The van der Waals surface area contributed by atoms with E-state index < -0.39 is 0 Å². The molecule has 1 aromatic heterocycles. The number of rotatable bonds is 8. The summed E-state index contributed by atoms with van der Waals surface area (Å²) in [6.45, 7) is 7.89. The van der Waals surface area contributed by atoms with Crippen molar-refractivity contribution in [3.63, 3.8) is 0 Å². The molecular formula is C18H29N3. The number of benzene rings is 1. The van der Waals surface area contributed by atoms with Gasteiger partial charge in [-0.25, -0.2) is 0 Å². The van der Waals surface area contributed by atoms with Gasteiger partial charge < -0.3 is 5.32 Å². The average molecular weight is 287 g/mol. The SMILES string of the molecule is CCCNC(CC(C)CCC)c1nn(C)c2ccccc12. The zero-order valence-corrected chi connectivity index (χ0v) is 13.9. The van der Waals surface area contributed by atoms with Crippen molar-refractivity contribution in [2.24, 2.45) is 13.0 Å². The number of nitrogens with zero attached hydrogens (tertiary/aromatic N) is 2. The van der Waals surface area contributed by atoms with Gasteiger partial charge in [-0.05, 0) is 31.4 Å². The lowest BCUT2D eigenvalue weighted by Crippen LogP contribution is -2.24. The fourth-order valence-electron chi connectivity index (χ4n) is 3.12. The van der Waals surface area contributed by atoms with Gasteiger partial charge in [0.2, 0.25) is 0 Å². The molecule has 0 saturated heterocycles. The van der Waals surface area contributed by atoms with Crippen molar-refractivity contribution < 1.29 is 0 Å². The minimum absolute atomic E-state index is 0.359. The van der Waals surface area contributed by atoms with Crippen LogP contribution in [0.5, 0.6) is 0 Å². The van der Waals surface area contributed by atoms with Crippen LogP contribution in [0, 0.1) is 5.92 Å². The maximum absolute atomic E-state index is 4.81. The van der Waals surface area contributed by atoms with Gasteiger partial charge in [-0.3, -0.25) is 4.68 Å². The molecular weight excluding hydrogens is 258 g/mol. The second kappa shape index (κ2) is 7.60. The molecule has 0 amide bonds. The Morgan fingerprint density at radius 3 is 2.67 bits per heavy atom. The normalized spacial score (nSPS) is 14.5. The summed E-state index contributed by atoms with van der Waals surface area (Å²) in [5, 5.41) is 9.80. The van der Waals surface area contributed by atoms with Crippen molar-refractivity contribution in [1.82, 2.24) is 15.1 Å². The summed E-state index contributed by atoms with van der Waals surface area (Å²) in [6, 6.07) is 8.90. The van der Waals surface area contributed by atoms with E-state index in [2.05, 4.69) is 50.4 Å². The van der Waals surface area contributed by atoms with Crippen molar-refractivity contribution in [3.8, 4) is 0 Å². The minimum atomic E-state index is 0.359. The molecule has 0 fully saturated rings. The monoisotopic (exact) mass is 287 g/mol. The van der Waals surface area contributed by atoms with Crippen molar-refractivity contribution in [2.45, 2.75) is 52.5 Å². The van der Waals surface area contributed by atoms with E-state index >= 15 is 0 Å². The zero-order chi connectivity index (χ0) is 15.2. The Bertz CT molecular complexity index is 559. The van der Waals surface area contributed by atoms with Crippen LogP contribution in [0.1, 0.15) is 58.2 Å². The smallest absolute Gasteiger partial charge is 0.0872 e. The van der Waals surface area contributed by atoms with E-state index in [1.165, 1.54) is 29.4 Å². The molecule has 1 N–H and O–H groups in total. The van der Waals surface area contributed by atoms with E-state index in [-0.39, 0.29) is 0 Å². The van der Waals surface area contributed by atoms with Crippen molar-refractivity contribution >= 4 is 10.9 Å². The Kier molecular flexibility index (Phi) is 5.80. The van der Waals surface area contributed by atoms with Gasteiger partial charge >= 0.3 is 0 Å². The Morgan fingerprint density at radius 1 is 1.19 bits per heavy atom. The number of hydrogen-bond donors (Lipinski definition) is 1. The fourth-order valence-corrected chi connectivity index (χ4v) is 3.12. The Hall–Kier alpha value is -1.35. The first-order valence-electron chi connectivity index (χ1n) is 8.32. The van der Waals surface area contributed by atoms with E-state index in [0.29, 0.717) is 6.04 Å². The zero-order valence-electron chi connectivity index (χ0n) is 13.9. The molecule has 3 heteroatoms. The highest BCUT2D eigenvalue weighted by Crippen LogP contribution is 2.28. The number of aromatic nitrogens is 2. The Morgan fingerprint density at radius 2 is 1.95 bits per heavy atom. The van der Waals surface area contributed by atoms with Crippen LogP contribution in [0.4, 0.5) is 0 Å². The summed E-state index contributed by atoms with van der Waals surface area (Å²) in [5.74, 6) is 0.727. The summed E-state index contributed by atoms with van der Waals surface area (Å²) in [4.78, 5) is 0. The number of fused-ring (bicyclic) bond motifs is 1. The Labute approximate surface area is 128 Å². The van der Waals surface area contributed by atoms with Gasteiger partial charge in [-0.15, -0.1) is 0 Å². The molecule has 0 aliphatic rings. The molecule has 0 spiro atoms. The first kappa shape index (κ1) is 16.0. The van der Waals surface area contributed by atoms with Gasteiger partial charge in [-0.1, -0.05) is 51.8 Å². The molecule has 0 bridgehead atoms. The fraction of sp³-hybridized carbons (Fsp3) is 0.611. The minimum Gasteiger partial charge on any atom is -0.309 e. The number of aryl methyl sites for hydroxylation is 1. The second-order valence-corrected chi connectivity index (χ2v) is 6.16. The predicted octanol–water partition coefficient (Wildman–Crippen LogP) is 4.44. The molecule has 2 unspecified atom stereocenters. The first-order chi connectivity index (χ1) is 10.2. The third-order valence-electron chi connectivity index (χ3n) is 4.18. The molecule has 21 heavy (non-hydrogen) atoms. The van der Waals surface area contributed by atoms with Crippen LogP contribution in [0.25, 0.3) is 10.9 Å². The predicted molar refractivity (Wildman–Crippen MR) is 90.4 cm³/mol. The van der Waals surface area contributed by atoms with E-state index in [0.717, 1.165) is 25.3 Å². The van der Waals surface area contributed by atoms with Gasteiger partial charge in [0.25, 0.3) is 0 Å². The standard InChI is InChI=1S/C18H29N3/c1-5-9-14(3)13-16(19-12-6-2)18-15-10-7-8-11-17(15)21(4)20-18/h7-8,10-11,14,16,19H,5-6,9,12-13H2,1-4H3. The topological polar surface area (TPSA) is 29.9 Å². The number of nitrogens with one attached hydrogen (secondary N) is 1. The quantitative estimate of drug-likeness (QED) is 0.778. The van der Waals surface area contributed by atoms with E-state index in [1.807, 2.05) is 11.7 Å². The summed E-state index contributed by atoms with van der Waals surface area (Å²) in [5.41, 5.74) is 2.43. The number of para-hydroxylation sites is 1. The molecule has 2 aromatic rings. The van der Waals surface area contributed by atoms with Crippen LogP contribution in [0.2, 0.25) is 0 Å². The number of hydrogen-bond acceptors (Lipinski definition) is 2. The molecule has 0 radical (unpaired) electrons. The van der Waals surface area contributed by atoms with Gasteiger partial charge in [0.05, 0.1) is 17.3 Å². The molecule has 0 saturated carbocycles. The van der Waals surface area contributed by atoms with Crippen molar-refractivity contribution in [3.05, 3.63) is 30.0 Å². The third-order valence-corrected chi connectivity index (χ3v) is 4.18. The van der Waals surface area contributed by atoms with E-state index in [9.17, 15) is 0 Å². The van der Waals surface area contributed by atoms with Crippen molar-refractivity contribution in [2.75, 3.05) is 6.54 Å². The first-order valence-corrected chi connectivity index (χ1v) is 8.32. The van der Waals surface area contributed by atoms with E-state index in [1.54, 1.807) is 0 Å². The summed E-state index contributed by atoms with van der Waals surface area (Å²) in [7, 11) is 2.04. The third kappa shape index (κ3) is 3.85. The molecule has 116 valence electrons. The summed E-state index contributed by atoms with van der Waals surface area (Å²) >= 11 is 0. The highest BCUT2D eigenvalue weighted by Gasteiger charge is 2.20. The summed E-state index contributed by atoms with van der Waals surface area (Å²) < 4.78 is 2.01. The Balaban J connectivity index is 2.29. The van der Waals surface area contributed by atoms with Crippen LogP contribution in [0.3, 0.4) is 0 Å². The lowest BCUT2D eigenvalue weighted by Gasteiger charge is -2.21. The largest absolute Gasteiger partial charge is 0.309 e. The van der Waals surface area contributed by atoms with Crippen LogP contribution in [0.15, 0.2) is 24.3 Å². The maximum atomic E-state index is 4.81. The van der Waals surface area contributed by atoms with Crippen LogP contribution in [-0.2, 0) is 7.05 Å². The van der Waals surface area contributed by atoms with Crippen LogP contribution < -0.4 is 5.32 Å². The lowest BCUT2D eigenvalue weighted by atomic mass is 9.94. The lowest BCUT2D eigenvalue weighted by molar-refractivity contribution is 0.384. The van der Waals surface area contributed by atoms with Crippen molar-refractivity contribution in [1.29, 1.82) is 0 Å². The highest BCUT2D eigenvalue weighted by molar-refractivity contribution is 5.82. The molecule has 1 aromatic carbocycles. The molecule has 2 rings (SSSR count). The van der Waals surface area contributed by atoms with Gasteiger partial charge in [0.1, 0.15) is 0 Å². The van der Waals surface area contributed by atoms with Gasteiger partial charge in [-0.2, -0.15) is 5.10 Å².